The van der Waals surface area contributed by atoms with E-state index in [4.69, 9.17) is 5.11 Å². The van der Waals surface area contributed by atoms with Gasteiger partial charge in [0.05, 0.1) is 0 Å². The Morgan fingerprint density at radius 3 is 2.43 bits per heavy atom. The lowest BCUT2D eigenvalue weighted by atomic mass is 9.65. The number of likely N-dealkylation sites (tertiary alicyclic amines) is 1. The van der Waals surface area contributed by atoms with Crippen molar-refractivity contribution in [2.45, 2.75) is 38.3 Å². The smallest absolute Gasteiger partial charge is 0.433 e. The number of carbonyl (C=O) groups is 1. The van der Waals surface area contributed by atoms with Crippen molar-refractivity contribution in [3.8, 4) is 0 Å². The molecule has 3 rings (SSSR count). The van der Waals surface area contributed by atoms with Crippen LogP contribution in [0.25, 0.3) is 0 Å². The van der Waals surface area contributed by atoms with E-state index < -0.39 is 18.0 Å². The van der Waals surface area contributed by atoms with E-state index in [9.17, 15) is 18.0 Å². The molecule has 4 nitrogen and oxygen atoms in total. The lowest BCUT2D eigenvalue weighted by molar-refractivity contribution is -0.141. The maximum absolute atomic E-state index is 12.5. The summed E-state index contributed by atoms with van der Waals surface area (Å²) in [4.78, 5) is 15.8. The molecule has 1 amide bonds. The van der Waals surface area contributed by atoms with Gasteiger partial charge in [-0.3, -0.25) is 4.98 Å². The first-order valence-electron chi connectivity index (χ1n) is 7.77. The van der Waals surface area contributed by atoms with E-state index in [2.05, 4.69) is 4.98 Å². The molecule has 1 aliphatic heterocycles. The van der Waals surface area contributed by atoms with Crippen molar-refractivity contribution in [1.82, 2.24) is 9.88 Å². The number of carboxylic acid groups (broad SMARTS) is 1. The van der Waals surface area contributed by atoms with Gasteiger partial charge in [-0.15, -0.1) is 0 Å². The molecule has 0 atom stereocenters. The zero-order valence-corrected chi connectivity index (χ0v) is 12.6. The van der Waals surface area contributed by atoms with Crippen LogP contribution in [0.4, 0.5) is 18.0 Å². The highest BCUT2D eigenvalue weighted by molar-refractivity contribution is 5.66. The summed E-state index contributed by atoms with van der Waals surface area (Å²) in [5.74, 6) is 0.443. The quantitative estimate of drug-likeness (QED) is 0.898. The van der Waals surface area contributed by atoms with Crippen molar-refractivity contribution in [3.05, 3.63) is 29.6 Å². The van der Waals surface area contributed by atoms with Gasteiger partial charge in [-0.05, 0) is 49.7 Å². The summed E-state index contributed by atoms with van der Waals surface area (Å²) in [5, 5.41) is 8.91. The predicted octanol–water partition coefficient (Wildman–Crippen LogP) is 3.81. The van der Waals surface area contributed by atoms with E-state index in [1.165, 1.54) is 17.2 Å². The Labute approximate surface area is 132 Å². The molecule has 1 N–H and O–H groups in total. The second-order valence-corrected chi connectivity index (χ2v) is 6.84. The molecule has 0 bridgehead atoms. The minimum Gasteiger partial charge on any atom is -0.465 e. The Bertz CT molecular complexity index is 570. The summed E-state index contributed by atoms with van der Waals surface area (Å²) in [6.45, 7) is 1.24. The molecule has 1 saturated carbocycles. The molecule has 1 spiro atoms. The van der Waals surface area contributed by atoms with E-state index >= 15 is 0 Å². The molecule has 126 valence electrons. The van der Waals surface area contributed by atoms with Crippen LogP contribution >= 0.6 is 0 Å². The van der Waals surface area contributed by atoms with Crippen LogP contribution in [0.15, 0.2) is 18.3 Å². The minimum atomic E-state index is -4.39. The first-order chi connectivity index (χ1) is 10.8. The van der Waals surface area contributed by atoms with E-state index in [0.717, 1.165) is 43.7 Å². The van der Waals surface area contributed by atoms with Gasteiger partial charge in [-0.2, -0.15) is 13.2 Å². The summed E-state index contributed by atoms with van der Waals surface area (Å²) in [6, 6.07) is 2.55. The van der Waals surface area contributed by atoms with Crippen LogP contribution in [0.3, 0.4) is 0 Å². The lowest BCUT2D eigenvalue weighted by Crippen LogP contribution is -2.59. The van der Waals surface area contributed by atoms with Crippen LogP contribution in [0, 0.1) is 11.3 Å². The molecule has 0 aromatic carbocycles. The highest BCUT2D eigenvalue weighted by Gasteiger charge is 2.46. The largest absolute Gasteiger partial charge is 0.465 e. The van der Waals surface area contributed by atoms with E-state index in [0.29, 0.717) is 19.0 Å². The van der Waals surface area contributed by atoms with Gasteiger partial charge in [0.1, 0.15) is 5.69 Å². The van der Waals surface area contributed by atoms with Crippen LogP contribution in [0.1, 0.15) is 36.9 Å². The third-order valence-electron chi connectivity index (χ3n) is 5.13. The summed E-state index contributed by atoms with van der Waals surface area (Å²) in [5.41, 5.74) is 0.125. The van der Waals surface area contributed by atoms with Crippen molar-refractivity contribution in [3.63, 3.8) is 0 Å². The fourth-order valence-electron chi connectivity index (χ4n) is 3.76. The normalized spacial score (nSPS) is 21.3. The van der Waals surface area contributed by atoms with Gasteiger partial charge in [-0.25, -0.2) is 4.79 Å². The van der Waals surface area contributed by atoms with Gasteiger partial charge in [0, 0.05) is 24.7 Å². The number of halogens is 3. The SMILES string of the molecule is O=C(O)N1CC2(CCC(Cc3ccc(C(F)(F)F)nc3)CC2)C1. The number of aromatic nitrogens is 1. The van der Waals surface area contributed by atoms with E-state index in [1.807, 2.05) is 0 Å². The number of alkyl halides is 3. The average molecular weight is 328 g/mol. The topological polar surface area (TPSA) is 53.4 Å². The lowest BCUT2D eigenvalue weighted by Gasteiger charge is -2.52. The van der Waals surface area contributed by atoms with Crippen molar-refractivity contribution in [2.24, 2.45) is 11.3 Å². The molecule has 7 heteroatoms. The van der Waals surface area contributed by atoms with Gasteiger partial charge in [0.2, 0.25) is 0 Å². The summed E-state index contributed by atoms with van der Waals surface area (Å²) < 4.78 is 37.5. The van der Waals surface area contributed by atoms with Crippen LogP contribution in [0.2, 0.25) is 0 Å². The first-order valence-corrected chi connectivity index (χ1v) is 7.77. The fraction of sp³-hybridized carbons (Fsp3) is 0.625. The monoisotopic (exact) mass is 328 g/mol. The highest BCUT2D eigenvalue weighted by Crippen LogP contribution is 2.46. The van der Waals surface area contributed by atoms with Crippen molar-refractivity contribution >= 4 is 6.09 Å². The average Bonchev–Trinajstić information content (AvgIpc) is 2.45. The molecule has 1 aromatic rings. The van der Waals surface area contributed by atoms with Crippen molar-refractivity contribution < 1.29 is 23.1 Å². The number of amides is 1. The molecule has 1 aliphatic carbocycles. The van der Waals surface area contributed by atoms with Gasteiger partial charge >= 0.3 is 12.3 Å². The molecule has 23 heavy (non-hydrogen) atoms. The van der Waals surface area contributed by atoms with E-state index in [1.54, 1.807) is 0 Å². The Morgan fingerprint density at radius 1 is 1.30 bits per heavy atom. The highest BCUT2D eigenvalue weighted by atomic mass is 19.4. The molecule has 2 aliphatic rings. The number of nitrogens with zero attached hydrogens (tertiary/aromatic N) is 2. The summed E-state index contributed by atoms with van der Waals surface area (Å²) >= 11 is 0. The number of pyridine rings is 1. The Balaban J connectivity index is 1.51. The van der Waals surface area contributed by atoms with Gasteiger partial charge in [-0.1, -0.05) is 6.07 Å². The van der Waals surface area contributed by atoms with Gasteiger partial charge < -0.3 is 10.0 Å². The van der Waals surface area contributed by atoms with Crippen molar-refractivity contribution in [2.75, 3.05) is 13.1 Å². The Morgan fingerprint density at radius 2 is 1.96 bits per heavy atom. The molecule has 0 radical (unpaired) electrons. The molecule has 1 aromatic heterocycles. The number of rotatable bonds is 2. The predicted molar refractivity (Wildman–Crippen MR) is 76.9 cm³/mol. The van der Waals surface area contributed by atoms with Gasteiger partial charge in [0.15, 0.2) is 0 Å². The Hall–Kier alpha value is -1.79. The molecular formula is C16H19F3N2O2. The van der Waals surface area contributed by atoms with Crippen LogP contribution < -0.4 is 0 Å². The summed E-state index contributed by atoms with van der Waals surface area (Å²) in [6.07, 6.45) is 0.796. The number of hydrogen-bond donors (Lipinski definition) is 1. The molecule has 1 saturated heterocycles. The molecule has 2 heterocycles. The molecule has 2 fully saturated rings. The second kappa shape index (κ2) is 5.69. The Kier molecular flexibility index (Phi) is 3.98. The third-order valence-corrected chi connectivity index (χ3v) is 5.13. The maximum atomic E-state index is 12.5. The molecule has 0 unspecified atom stereocenters. The van der Waals surface area contributed by atoms with Crippen LogP contribution in [-0.2, 0) is 12.6 Å². The van der Waals surface area contributed by atoms with Gasteiger partial charge in [0.25, 0.3) is 0 Å². The summed E-state index contributed by atoms with van der Waals surface area (Å²) in [7, 11) is 0. The fourth-order valence-corrected chi connectivity index (χ4v) is 3.76. The third kappa shape index (κ3) is 3.43. The maximum Gasteiger partial charge on any atom is 0.433 e. The zero-order valence-electron chi connectivity index (χ0n) is 12.6. The zero-order chi connectivity index (χ0) is 16.7. The van der Waals surface area contributed by atoms with Crippen molar-refractivity contribution in [1.29, 1.82) is 0 Å². The van der Waals surface area contributed by atoms with Crippen LogP contribution in [-0.4, -0.2) is 34.2 Å². The first kappa shape index (κ1) is 16.1. The second-order valence-electron chi connectivity index (χ2n) is 6.84. The molecular weight excluding hydrogens is 309 g/mol. The van der Waals surface area contributed by atoms with Crippen LogP contribution in [0.5, 0.6) is 0 Å². The standard InChI is InChI=1S/C16H19F3N2O2/c17-16(18,19)13-2-1-12(8-20-13)7-11-3-5-15(6-4-11)9-21(10-15)14(22)23/h1-2,8,11H,3-7,9-10H2,(H,22,23). The number of hydrogen-bond acceptors (Lipinski definition) is 2. The van der Waals surface area contributed by atoms with E-state index in [-0.39, 0.29) is 5.41 Å². The minimum absolute atomic E-state index is 0.146.